The first kappa shape index (κ1) is 15.0. The molecular weight excluding hydrogens is 248 g/mol. The number of benzene rings is 1. The Morgan fingerprint density at radius 3 is 2.26 bits per heavy atom. The van der Waals surface area contributed by atoms with Crippen LogP contribution in [0.2, 0.25) is 0 Å². The van der Waals surface area contributed by atoms with Crippen LogP contribution in [0.25, 0.3) is 0 Å². The number of hydrogen-bond acceptors (Lipinski definition) is 3. The summed E-state index contributed by atoms with van der Waals surface area (Å²) in [6.45, 7) is 7.16. The molecule has 1 rings (SSSR count). The SMILES string of the molecule is Cc1cc(C)c(C(C)(C)CC(=O)O)c(OC(=O)O)c1. The molecule has 0 bridgehead atoms. The Balaban J connectivity index is 3.39. The van der Waals surface area contributed by atoms with Crippen LogP contribution < -0.4 is 4.74 Å². The molecule has 0 saturated carbocycles. The molecule has 0 aromatic heterocycles. The van der Waals surface area contributed by atoms with E-state index < -0.39 is 17.5 Å². The van der Waals surface area contributed by atoms with Gasteiger partial charge in [0.15, 0.2) is 0 Å². The summed E-state index contributed by atoms with van der Waals surface area (Å²) in [6, 6.07) is 3.49. The molecule has 5 heteroatoms. The standard InChI is InChI=1S/C14H18O5/c1-8-5-9(2)12(10(6-8)19-13(17)18)14(3,4)7-11(15)16/h5-6H,7H2,1-4H3,(H,15,16)(H,17,18). The molecule has 0 fully saturated rings. The van der Waals surface area contributed by atoms with Crippen molar-refractivity contribution in [3.8, 4) is 5.75 Å². The minimum Gasteiger partial charge on any atom is -0.481 e. The Kier molecular flexibility index (Phi) is 4.19. The maximum atomic E-state index is 10.9. The number of carbonyl (C=O) groups is 2. The summed E-state index contributed by atoms with van der Waals surface area (Å²) >= 11 is 0. The molecule has 0 saturated heterocycles. The molecule has 2 N–H and O–H groups in total. The lowest BCUT2D eigenvalue weighted by molar-refractivity contribution is -0.138. The van der Waals surface area contributed by atoms with E-state index in [1.165, 1.54) is 0 Å². The molecule has 0 unspecified atom stereocenters. The highest BCUT2D eigenvalue weighted by Crippen LogP contribution is 2.37. The number of ether oxygens (including phenoxy) is 1. The Hall–Kier alpha value is -2.04. The van der Waals surface area contributed by atoms with Gasteiger partial charge in [0, 0.05) is 11.0 Å². The highest BCUT2D eigenvalue weighted by molar-refractivity contribution is 5.70. The van der Waals surface area contributed by atoms with E-state index in [1.54, 1.807) is 19.9 Å². The van der Waals surface area contributed by atoms with Gasteiger partial charge in [-0.15, -0.1) is 0 Å². The summed E-state index contributed by atoms with van der Waals surface area (Å²) < 4.78 is 4.80. The van der Waals surface area contributed by atoms with Crippen molar-refractivity contribution in [2.45, 2.75) is 39.5 Å². The van der Waals surface area contributed by atoms with Gasteiger partial charge in [-0.3, -0.25) is 4.79 Å². The van der Waals surface area contributed by atoms with Gasteiger partial charge in [0.2, 0.25) is 0 Å². The first-order valence-electron chi connectivity index (χ1n) is 5.88. The molecule has 5 nitrogen and oxygen atoms in total. The second kappa shape index (κ2) is 5.30. The van der Waals surface area contributed by atoms with E-state index in [0.29, 0.717) is 5.56 Å². The molecule has 0 atom stereocenters. The topological polar surface area (TPSA) is 83.8 Å². The normalized spacial score (nSPS) is 11.2. The highest BCUT2D eigenvalue weighted by atomic mass is 16.7. The summed E-state index contributed by atoms with van der Waals surface area (Å²) in [5.41, 5.74) is 1.59. The third kappa shape index (κ3) is 3.71. The van der Waals surface area contributed by atoms with Crippen LogP contribution in [0.15, 0.2) is 12.1 Å². The van der Waals surface area contributed by atoms with E-state index in [4.69, 9.17) is 14.9 Å². The Labute approximate surface area is 111 Å². The van der Waals surface area contributed by atoms with Gasteiger partial charge < -0.3 is 14.9 Å². The number of aryl methyl sites for hydroxylation is 2. The zero-order valence-electron chi connectivity index (χ0n) is 11.5. The van der Waals surface area contributed by atoms with Crippen molar-refractivity contribution in [2.75, 3.05) is 0 Å². The minimum atomic E-state index is -1.41. The van der Waals surface area contributed by atoms with Crippen LogP contribution in [0, 0.1) is 13.8 Å². The third-order valence-electron chi connectivity index (χ3n) is 2.91. The van der Waals surface area contributed by atoms with Gasteiger partial charge in [-0.2, -0.15) is 0 Å². The molecule has 19 heavy (non-hydrogen) atoms. The number of rotatable bonds is 4. The van der Waals surface area contributed by atoms with E-state index in [0.717, 1.165) is 11.1 Å². The van der Waals surface area contributed by atoms with E-state index >= 15 is 0 Å². The fraction of sp³-hybridized carbons (Fsp3) is 0.429. The fourth-order valence-corrected chi connectivity index (χ4v) is 2.44. The summed E-state index contributed by atoms with van der Waals surface area (Å²) in [7, 11) is 0. The van der Waals surface area contributed by atoms with Gasteiger partial charge in [0.1, 0.15) is 5.75 Å². The van der Waals surface area contributed by atoms with Gasteiger partial charge in [0.05, 0.1) is 6.42 Å². The Morgan fingerprint density at radius 1 is 1.21 bits per heavy atom. The molecular formula is C14H18O5. The first-order valence-corrected chi connectivity index (χ1v) is 5.88. The molecule has 0 aliphatic heterocycles. The molecule has 0 spiro atoms. The van der Waals surface area contributed by atoms with Crippen molar-refractivity contribution < 1.29 is 24.5 Å². The molecule has 0 heterocycles. The van der Waals surface area contributed by atoms with Crippen molar-refractivity contribution in [3.63, 3.8) is 0 Å². The lowest BCUT2D eigenvalue weighted by atomic mass is 9.78. The predicted octanol–water partition coefficient (Wildman–Crippen LogP) is 3.11. The Bertz CT molecular complexity index is 517. The largest absolute Gasteiger partial charge is 0.511 e. The van der Waals surface area contributed by atoms with Crippen LogP contribution in [0.5, 0.6) is 5.75 Å². The second-order valence-electron chi connectivity index (χ2n) is 5.28. The predicted molar refractivity (Wildman–Crippen MR) is 69.8 cm³/mol. The monoisotopic (exact) mass is 266 g/mol. The van der Waals surface area contributed by atoms with Crippen molar-refractivity contribution in [1.82, 2.24) is 0 Å². The van der Waals surface area contributed by atoms with Crippen molar-refractivity contribution >= 4 is 12.1 Å². The molecule has 0 aliphatic carbocycles. The van der Waals surface area contributed by atoms with Gasteiger partial charge in [-0.05, 0) is 31.0 Å². The van der Waals surface area contributed by atoms with Crippen molar-refractivity contribution in [2.24, 2.45) is 0 Å². The molecule has 104 valence electrons. The number of carboxylic acids is 1. The van der Waals surface area contributed by atoms with Crippen LogP contribution in [-0.2, 0) is 10.2 Å². The highest BCUT2D eigenvalue weighted by Gasteiger charge is 2.30. The van der Waals surface area contributed by atoms with E-state index in [-0.39, 0.29) is 12.2 Å². The number of aliphatic carboxylic acids is 1. The van der Waals surface area contributed by atoms with E-state index in [2.05, 4.69) is 0 Å². The molecule has 0 aliphatic rings. The summed E-state index contributed by atoms with van der Waals surface area (Å²) in [4.78, 5) is 21.7. The first-order chi connectivity index (χ1) is 8.63. The lowest BCUT2D eigenvalue weighted by Crippen LogP contribution is -2.24. The number of carboxylic acid groups (broad SMARTS) is 2. The molecule has 1 aromatic carbocycles. The third-order valence-corrected chi connectivity index (χ3v) is 2.91. The zero-order valence-corrected chi connectivity index (χ0v) is 11.5. The van der Waals surface area contributed by atoms with Crippen molar-refractivity contribution in [1.29, 1.82) is 0 Å². The quantitative estimate of drug-likeness (QED) is 0.646. The van der Waals surface area contributed by atoms with Gasteiger partial charge >= 0.3 is 12.1 Å². The zero-order chi connectivity index (χ0) is 14.8. The fourth-order valence-electron chi connectivity index (χ4n) is 2.44. The van der Waals surface area contributed by atoms with Crippen LogP contribution in [-0.4, -0.2) is 22.3 Å². The minimum absolute atomic E-state index is 0.104. The van der Waals surface area contributed by atoms with Gasteiger partial charge in [-0.1, -0.05) is 19.9 Å². The van der Waals surface area contributed by atoms with Gasteiger partial charge in [0.25, 0.3) is 0 Å². The van der Waals surface area contributed by atoms with Gasteiger partial charge in [-0.25, -0.2) is 4.79 Å². The van der Waals surface area contributed by atoms with E-state index in [9.17, 15) is 9.59 Å². The van der Waals surface area contributed by atoms with Crippen LogP contribution in [0.3, 0.4) is 0 Å². The molecule has 1 aromatic rings. The van der Waals surface area contributed by atoms with Crippen molar-refractivity contribution in [3.05, 3.63) is 28.8 Å². The smallest absolute Gasteiger partial charge is 0.481 e. The lowest BCUT2D eigenvalue weighted by Gasteiger charge is -2.27. The van der Waals surface area contributed by atoms with Crippen LogP contribution in [0.4, 0.5) is 4.79 Å². The van der Waals surface area contributed by atoms with E-state index in [1.807, 2.05) is 19.9 Å². The Morgan fingerprint density at radius 2 is 1.79 bits per heavy atom. The van der Waals surface area contributed by atoms with Crippen LogP contribution in [0.1, 0.15) is 37.0 Å². The molecule has 0 amide bonds. The summed E-state index contributed by atoms with van der Waals surface area (Å²) in [5.74, 6) is -0.734. The second-order valence-corrected chi connectivity index (χ2v) is 5.28. The summed E-state index contributed by atoms with van der Waals surface area (Å²) in [6.07, 6.45) is -1.51. The maximum Gasteiger partial charge on any atom is 0.511 e. The number of hydrogen-bond donors (Lipinski definition) is 2. The average molecular weight is 266 g/mol. The van der Waals surface area contributed by atoms with Crippen LogP contribution >= 0.6 is 0 Å². The maximum absolute atomic E-state index is 10.9. The summed E-state index contributed by atoms with van der Waals surface area (Å²) in [5, 5.41) is 17.8. The molecule has 0 radical (unpaired) electrons. The average Bonchev–Trinajstić information content (AvgIpc) is 2.10.